The zero-order chi connectivity index (χ0) is 9.84. The van der Waals surface area contributed by atoms with Crippen molar-refractivity contribution in [3.8, 4) is 5.75 Å². The van der Waals surface area contributed by atoms with Gasteiger partial charge in [0.05, 0.1) is 7.11 Å². The van der Waals surface area contributed by atoms with Crippen molar-refractivity contribution >= 4 is 27.3 Å². The van der Waals surface area contributed by atoms with E-state index in [0.29, 0.717) is 11.4 Å². The van der Waals surface area contributed by atoms with Gasteiger partial charge in [0.1, 0.15) is 5.69 Å². The summed E-state index contributed by atoms with van der Waals surface area (Å²) in [6.45, 7) is 0. The Morgan fingerprint density at radius 2 is 2.23 bits per heavy atom. The number of rotatable bonds is 3. The Balaban J connectivity index is 3.25. The molecule has 4 nitrogen and oxygen atoms in total. The molecule has 1 rings (SSSR count). The Kier molecular flexibility index (Phi) is 3.53. The van der Waals surface area contributed by atoms with E-state index in [1.165, 1.54) is 7.11 Å². The summed E-state index contributed by atoms with van der Waals surface area (Å²) >= 11 is 3.32. The molecule has 0 radical (unpaired) electrons. The van der Waals surface area contributed by atoms with E-state index in [4.69, 9.17) is 4.74 Å². The van der Waals surface area contributed by atoms with Gasteiger partial charge in [0, 0.05) is 17.6 Å². The van der Waals surface area contributed by atoms with Gasteiger partial charge >= 0.3 is 0 Å². The summed E-state index contributed by atoms with van der Waals surface area (Å²) in [5, 5.41) is 13.7. The summed E-state index contributed by atoms with van der Waals surface area (Å²) in [5.41, 5.74) is 2.06. The first kappa shape index (κ1) is 10.3. The molecule has 1 aromatic rings. The molecule has 0 spiro atoms. The van der Waals surface area contributed by atoms with E-state index in [1.54, 1.807) is 13.1 Å². The molecule has 0 amide bonds. The van der Waals surface area contributed by atoms with E-state index in [2.05, 4.69) is 21.2 Å². The molecular weight excluding hydrogens is 236 g/mol. The van der Waals surface area contributed by atoms with Crippen LogP contribution in [0.25, 0.3) is 0 Å². The molecule has 0 aliphatic heterocycles. The van der Waals surface area contributed by atoms with Gasteiger partial charge in [-0.25, -0.2) is 0 Å². The minimum absolute atomic E-state index is 0.535. The predicted molar refractivity (Wildman–Crippen MR) is 55.2 cm³/mol. The minimum Gasteiger partial charge on any atom is -0.630 e. The highest BCUT2D eigenvalue weighted by molar-refractivity contribution is 9.10. The van der Waals surface area contributed by atoms with Crippen molar-refractivity contribution < 1.29 is 10.2 Å². The third-order valence-electron chi connectivity index (χ3n) is 1.71. The molecule has 0 saturated carbocycles. The molecule has 0 aromatic heterocycles. The maximum atomic E-state index is 10.7. The average molecular weight is 247 g/mol. The number of nitrogens with two attached hydrogens (primary N) is 1. The molecule has 5 heteroatoms. The zero-order valence-corrected chi connectivity index (χ0v) is 9.01. The van der Waals surface area contributed by atoms with Crippen molar-refractivity contribution in [2.24, 2.45) is 0 Å². The molecule has 0 saturated heterocycles. The number of anilines is 1. The summed E-state index contributed by atoms with van der Waals surface area (Å²) in [4.78, 5) is 0. The van der Waals surface area contributed by atoms with Gasteiger partial charge in [-0.05, 0) is 6.07 Å². The van der Waals surface area contributed by atoms with Crippen LogP contribution in [-0.2, 0) is 0 Å². The quantitative estimate of drug-likeness (QED) is 0.623. The van der Waals surface area contributed by atoms with Crippen LogP contribution in [0.5, 0.6) is 5.75 Å². The fourth-order valence-corrected chi connectivity index (χ4v) is 1.53. The van der Waals surface area contributed by atoms with Crippen molar-refractivity contribution in [1.29, 1.82) is 0 Å². The third-order valence-corrected chi connectivity index (χ3v) is 2.17. The van der Waals surface area contributed by atoms with Crippen LogP contribution in [0, 0.1) is 5.21 Å². The van der Waals surface area contributed by atoms with Gasteiger partial charge in [0.15, 0.2) is 11.4 Å². The van der Waals surface area contributed by atoms with E-state index in [9.17, 15) is 5.21 Å². The second-order valence-corrected chi connectivity index (χ2v) is 3.35. The lowest BCUT2D eigenvalue weighted by atomic mass is 10.2. The fraction of sp³-hybridized carbons (Fsp3) is 0.250. The maximum Gasteiger partial charge on any atom is 0.195 e. The Bertz CT molecular complexity index is 279. The van der Waals surface area contributed by atoms with Crippen LogP contribution in [0.4, 0.5) is 11.4 Å². The van der Waals surface area contributed by atoms with Crippen molar-refractivity contribution in [2.45, 2.75) is 0 Å². The largest absolute Gasteiger partial charge is 0.630 e. The SMILES string of the molecule is CNc1cc(Br)cc(OC)c1[NH2+][O-]. The second-order valence-electron chi connectivity index (χ2n) is 2.44. The summed E-state index contributed by atoms with van der Waals surface area (Å²) < 4.78 is 5.93. The molecule has 0 heterocycles. The maximum absolute atomic E-state index is 10.7. The Hall–Kier alpha value is -0.780. The number of quaternary nitrogens is 1. The monoisotopic (exact) mass is 246 g/mol. The average Bonchev–Trinajstić information content (AvgIpc) is 2.16. The van der Waals surface area contributed by atoms with Gasteiger partial charge in [-0.2, -0.15) is 0 Å². The summed E-state index contributed by atoms with van der Waals surface area (Å²) in [7, 11) is 3.29. The number of halogens is 1. The number of hydrogen-bond donors (Lipinski definition) is 2. The topological polar surface area (TPSA) is 60.9 Å². The third kappa shape index (κ3) is 2.12. The van der Waals surface area contributed by atoms with Gasteiger partial charge < -0.3 is 20.7 Å². The highest BCUT2D eigenvalue weighted by Crippen LogP contribution is 2.32. The first-order valence-corrected chi connectivity index (χ1v) is 4.52. The van der Waals surface area contributed by atoms with Crippen molar-refractivity contribution in [3.63, 3.8) is 0 Å². The van der Waals surface area contributed by atoms with Crippen LogP contribution in [0.1, 0.15) is 0 Å². The lowest BCUT2D eigenvalue weighted by Crippen LogP contribution is -2.70. The van der Waals surface area contributed by atoms with Crippen LogP contribution in [-0.4, -0.2) is 14.2 Å². The predicted octanol–water partition coefficient (Wildman–Crippen LogP) is 1.19. The molecule has 0 atom stereocenters. The summed E-state index contributed by atoms with van der Waals surface area (Å²) in [5.74, 6) is 0.564. The molecular formula is C8H11BrN2O2. The van der Waals surface area contributed by atoms with Crippen molar-refractivity contribution in [1.82, 2.24) is 0 Å². The zero-order valence-electron chi connectivity index (χ0n) is 7.43. The lowest BCUT2D eigenvalue weighted by Gasteiger charge is -2.12. The van der Waals surface area contributed by atoms with E-state index in [1.807, 2.05) is 6.07 Å². The van der Waals surface area contributed by atoms with E-state index >= 15 is 0 Å². The molecule has 1 aromatic carbocycles. The summed E-state index contributed by atoms with van der Waals surface area (Å²) in [6.07, 6.45) is 0. The number of nitrogens with one attached hydrogen (secondary N) is 1. The molecule has 13 heavy (non-hydrogen) atoms. The molecule has 3 N–H and O–H groups in total. The molecule has 0 bridgehead atoms. The van der Waals surface area contributed by atoms with Gasteiger partial charge in [-0.3, -0.25) is 0 Å². The number of methoxy groups -OCH3 is 1. The number of benzene rings is 1. The van der Waals surface area contributed by atoms with Gasteiger partial charge in [0.25, 0.3) is 0 Å². The smallest absolute Gasteiger partial charge is 0.195 e. The van der Waals surface area contributed by atoms with Crippen LogP contribution in [0.2, 0.25) is 0 Å². The van der Waals surface area contributed by atoms with Crippen LogP contribution >= 0.6 is 15.9 Å². The van der Waals surface area contributed by atoms with Crippen LogP contribution in [0.15, 0.2) is 16.6 Å². The van der Waals surface area contributed by atoms with E-state index < -0.39 is 0 Å². The molecule has 0 aliphatic rings. The van der Waals surface area contributed by atoms with Gasteiger partial charge in [-0.15, -0.1) is 0 Å². The lowest BCUT2D eigenvalue weighted by molar-refractivity contribution is -0.496. The Labute approximate surface area is 85.0 Å². The highest BCUT2D eigenvalue weighted by atomic mass is 79.9. The van der Waals surface area contributed by atoms with Crippen molar-refractivity contribution in [3.05, 3.63) is 21.8 Å². The standard InChI is InChI=1S/C8H11BrN2O2/c1-10-6-3-5(9)4-7(13-2)8(6)11-12/h3-4,10H,11H2,1-2H3. The first-order valence-electron chi connectivity index (χ1n) is 3.73. The van der Waals surface area contributed by atoms with Gasteiger partial charge in [-0.1, -0.05) is 15.9 Å². The van der Waals surface area contributed by atoms with Crippen LogP contribution in [0.3, 0.4) is 0 Å². The highest BCUT2D eigenvalue weighted by Gasteiger charge is 2.10. The first-order chi connectivity index (χ1) is 6.22. The molecule has 72 valence electrons. The molecule has 0 aliphatic carbocycles. The Morgan fingerprint density at radius 3 is 2.69 bits per heavy atom. The van der Waals surface area contributed by atoms with E-state index in [-0.39, 0.29) is 0 Å². The summed E-state index contributed by atoms with van der Waals surface area (Å²) in [6, 6.07) is 3.58. The number of hydrogen-bond acceptors (Lipinski definition) is 3. The molecule has 0 unspecified atom stereocenters. The Morgan fingerprint density at radius 1 is 1.54 bits per heavy atom. The molecule has 0 fully saturated rings. The van der Waals surface area contributed by atoms with Gasteiger partial charge in [0.2, 0.25) is 0 Å². The fourth-order valence-electron chi connectivity index (χ4n) is 1.09. The second kappa shape index (κ2) is 4.45. The normalized spacial score (nSPS) is 9.85. The van der Waals surface area contributed by atoms with Crippen molar-refractivity contribution in [2.75, 3.05) is 19.5 Å². The van der Waals surface area contributed by atoms with E-state index in [0.717, 1.165) is 15.6 Å². The van der Waals surface area contributed by atoms with Crippen LogP contribution < -0.4 is 15.5 Å². The minimum atomic E-state index is 0.535. The number of ether oxygens (including phenoxy) is 1.